The third kappa shape index (κ3) is 3.59. The maximum atomic E-state index is 12.3. The van der Waals surface area contributed by atoms with E-state index in [-0.39, 0.29) is 30.1 Å². The molecule has 0 aliphatic heterocycles. The lowest BCUT2D eigenvalue weighted by molar-refractivity contribution is -0.119. The number of carbonyl (C=O) groups excluding carboxylic acids is 2. The molecule has 0 radical (unpaired) electrons. The number of amides is 3. The van der Waals surface area contributed by atoms with Crippen LogP contribution < -0.4 is 16.0 Å². The van der Waals surface area contributed by atoms with Gasteiger partial charge in [-0.15, -0.1) is 0 Å². The van der Waals surface area contributed by atoms with Crippen LogP contribution in [0.5, 0.6) is 0 Å². The van der Waals surface area contributed by atoms with E-state index in [2.05, 4.69) is 16.0 Å². The molecule has 25 heavy (non-hydrogen) atoms. The Hall–Kier alpha value is -1.82. The minimum absolute atomic E-state index is 0.0754. The molecule has 0 aromatic carbocycles. The van der Waals surface area contributed by atoms with E-state index in [0.29, 0.717) is 0 Å². The Morgan fingerprint density at radius 1 is 1.20 bits per heavy atom. The molecule has 4 bridgehead atoms. The minimum Gasteiger partial charge on any atom is -0.468 e. The fourth-order valence-electron chi connectivity index (χ4n) is 5.59. The van der Waals surface area contributed by atoms with Crippen LogP contribution in [0.4, 0.5) is 4.79 Å². The summed E-state index contributed by atoms with van der Waals surface area (Å²) in [5.41, 5.74) is -0.0754. The number of rotatable bonds is 5. The Morgan fingerprint density at radius 3 is 2.40 bits per heavy atom. The van der Waals surface area contributed by atoms with Gasteiger partial charge in [0.25, 0.3) is 0 Å². The molecule has 4 fully saturated rings. The first-order valence-electron chi connectivity index (χ1n) is 9.40. The topological polar surface area (TPSA) is 83.4 Å². The van der Waals surface area contributed by atoms with Gasteiger partial charge in [0.05, 0.1) is 18.8 Å². The summed E-state index contributed by atoms with van der Waals surface area (Å²) in [6.07, 6.45) is 8.83. The van der Waals surface area contributed by atoms with E-state index in [1.807, 2.05) is 19.1 Å². The van der Waals surface area contributed by atoms with E-state index in [4.69, 9.17) is 4.42 Å². The van der Waals surface area contributed by atoms with Crippen LogP contribution in [0.1, 0.15) is 57.3 Å². The van der Waals surface area contributed by atoms with Crippen LogP contribution in [0.3, 0.4) is 0 Å². The number of urea groups is 1. The van der Waals surface area contributed by atoms with Crippen molar-refractivity contribution in [2.75, 3.05) is 6.54 Å². The second-order valence-electron chi connectivity index (χ2n) is 8.32. The molecule has 6 nitrogen and oxygen atoms in total. The maximum Gasteiger partial charge on any atom is 0.321 e. The normalized spacial score (nSPS) is 33.9. The zero-order valence-electron chi connectivity index (χ0n) is 14.7. The van der Waals surface area contributed by atoms with Crippen molar-refractivity contribution in [1.29, 1.82) is 0 Å². The first-order chi connectivity index (χ1) is 12.0. The van der Waals surface area contributed by atoms with Gasteiger partial charge in [0.2, 0.25) is 5.91 Å². The minimum atomic E-state index is -0.348. The van der Waals surface area contributed by atoms with Gasteiger partial charge in [0, 0.05) is 5.54 Å². The molecular formula is C19H27N3O3. The summed E-state index contributed by atoms with van der Waals surface area (Å²) in [4.78, 5) is 24.4. The SMILES string of the molecule is C[C@@H](NCC(=O)NC(=O)NC12CC3CC(CC(C3)C1)C2)c1ccco1. The van der Waals surface area contributed by atoms with Crippen LogP contribution in [0.15, 0.2) is 22.8 Å². The highest BCUT2D eigenvalue weighted by molar-refractivity contribution is 5.95. The average molecular weight is 345 g/mol. The summed E-state index contributed by atoms with van der Waals surface area (Å²) >= 11 is 0. The lowest BCUT2D eigenvalue weighted by atomic mass is 9.53. The molecule has 136 valence electrons. The Labute approximate surface area is 148 Å². The zero-order chi connectivity index (χ0) is 17.4. The van der Waals surface area contributed by atoms with Gasteiger partial charge >= 0.3 is 6.03 Å². The van der Waals surface area contributed by atoms with Gasteiger partial charge in [0.1, 0.15) is 5.76 Å². The van der Waals surface area contributed by atoms with E-state index in [9.17, 15) is 9.59 Å². The summed E-state index contributed by atoms with van der Waals surface area (Å²) in [6, 6.07) is 3.24. The maximum absolute atomic E-state index is 12.3. The predicted octanol–water partition coefficient (Wildman–Crippen LogP) is 2.72. The number of furan rings is 1. The summed E-state index contributed by atoms with van der Waals surface area (Å²) in [5.74, 6) is 2.74. The smallest absolute Gasteiger partial charge is 0.321 e. The van der Waals surface area contributed by atoms with Crippen LogP contribution in [0.2, 0.25) is 0 Å². The summed E-state index contributed by atoms with van der Waals surface area (Å²) in [6.45, 7) is 2.00. The molecule has 0 unspecified atom stereocenters. The Bertz CT molecular complexity index is 605. The lowest BCUT2D eigenvalue weighted by Crippen LogP contribution is -2.62. The number of carbonyl (C=O) groups is 2. The highest BCUT2D eigenvalue weighted by atomic mass is 16.3. The molecule has 4 aliphatic carbocycles. The fourth-order valence-corrected chi connectivity index (χ4v) is 5.59. The quantitative estimate of drug-likeness (QED) is 0.766. The molecule has 1 aromatic rings. The Balaban J connectivity index is 1.25. The monoisotopic (exact) mass is 345 g/mol. The van der Waals surface area contributed by atoms with Gasteiger partial charge < -0.3 is 9.73 Å². The highest BCUT2D eigenvalue weighted by Crippen LogP contribution is 2.55. The molecular weight excluding hydrogens is 318 g/mol. The summed E-state index contributed by atoms with van der Waals surface area (Å²) in [7, 11) is 0. The van der Waals surface area contributed by atoms with Crippen molar-refractivity contribution in [2.45, 2.75) is 57.0 Å². The van der Waals surface area contributed by atoms with Gasteiger partial charge in [0.15, 0.2) is 0 Å². The van der Waals surface area contributed by atoms with Crippen LogP contribution in [0, 0.1) is 17.8 Å². The molecule has 0 spiro atoms. The van der Waals surface area contributed by atoms with Crippen LogP contribution in [-0.2, 0) is 4.79 Å². The van der Waals surface area contributed by atoms with E-state index in [1.165, 1.54) is 19.3 Å². The van der Waals surface area contributed by atoms with E-state index in [1.54, 1.807) is 6.26 Å². The van der Waals surface area contributed by atoms with Gasteiger partial charge in [-0.2, -0.15) is 0 Å². The first kappa shape index (κ1) is 16.6. The molecule has 1 atom stereocenters. The largest absolute Gasteiger partial charge is 0.468 e. The van der Waals surface area contributed by atoms with Crippen molar-refractivity contribution in [1.82, 2.24) is 16.0 Å². The number of hydrogen-bond donors (Lipinski definition) is 3. The number of nitrogens with one attached hydrogen (secondary N) is 3. The predicted molar refractivity (Wildman–Crippen MR) is 92.7 cm³/mol. The first-order valence-corrected chi connectivity index (χ1v) is 9.40. The summed E-state index contributed by atoms with van der Waals surface area (Å²) in [5, 5.41) is 8.69. The molecule has 3 amide bonds. The highest BCUT2D eigenvalue weighted by Gasteiger charge is 2.51. The second kappa shape index (κ2) is 6.48. The molecule has 1 heterocycles. The van der Waals surface area contributed by atoms with Crippen LogP contribution in [-0.4, -0.2) is 24.0 Å². The molecule has 3 N–H and O–H groups in total. The zero-order valence-corrected chi connectivity index (χ0v) is 14.7. The van der Waals surface area contributed by atoms with Crippen molar-refractivity contribution < 1.29 is 14.0 Å². The molecule has 4 aliphatic rings. The van der Waals surface area contributed by atoms with E-state index < -0.39 is 0 Å². The van der Waals surface area contributed by atoms with E-state index >= 15 is 0 Å². The molecule has 5 rings (SSSR count). The van der Waals surface area contributed by atoms with Gasteiger partial charge in [-0.05, 0) is 75.3 Å². The number of imide groups is 1. The van der Waals surface area contributed by atoms with Crippen molar-refractivity contribution in [3.8, 4) is 0 Å². The lowest BCUT2D eigenvalue weighted by Gasteiger charge is -2.56. The van der Waals surface area contributed by atoms with Gasteiger partial charge in [-0.1, -0.05) is 0 Å². The van der Waals surface area contributed by atoms with E-state index in [0.717, 1.165) is 42.8 Å². The Morgan fingerprint density at radius 2 is 1.84 bits per heavy atom. The third-order valence-corrected chi connectivity index (χ3v) is 6.21. The Kier molecular flexibility index (Phi) is 4.31. The standard InChI is InChI=1S/C19H27N3O3/c1-12(16-3-2-4-25-16)20-11-17(23)21-18(24)22-19-8-13-5-14(9-19)7-15(6-13)10-19/h2-4,12-15,20H,5-11H2,1H3,(H2,21,22,23,24)/t12-,13?,14?,15?,19?/m1/s1. The molecule has 0 saturated heterocycles. The third-order valence-electron chi connectivity index (χ3n) is 6.21. The van der Waals surface area contributed by atoms with Crippen LogP contribution >= 0.6 is 0 Å². The van der Waals surface area contributed by atoms with Crippen molar-refractivity contribution in [2.24, 2.45) is 17.8 Å². The van der Waals surface area contributed by atoms with Crippen LogP contribution in [0.25, 0.3) is 0 Å². The fraction of sp³-hybridized carbons (Fsp3) is 0.684. The molecule has 4 saturated carbocycles. The molecule has 6 heteroatoms. The summed E-state index contributed by atoms with van der Waals surface area (Å²) < 4.78 is 5.29. The molecule has 1 aromatic heterocycles. The number of hydrogen-bond acceptors (Lipinski definition) is 4. The van der Waals surface area contributed by atoms with Gasteiger partial charge in [-0.3, -0.25) is 15.4 Å². The van der Waals surface area contributed by atoms with Crippen molar-refractivity contribution in [3.05, 3.63) is 24.2 Å². The van der Waals surface area contributed by atoms with Crippen molar-refractivity contribution >= 4 is 11.9 Å². The van der Waals surface area contributed by atoms with Crippen molar-refractivity contribution in [3.63, 3.8) is 0 Å². The van der Waals surface area contributed by atoms with Gasteiger partial charge in [-0.25, -0.2) is 4.79 Å². The average Bonchev–Trinajstić information content (AvgIpc) is 3.05. The second-order valence-corrected chi connectivity index (χ2v) is 8.32.